The molecule has 1 aromatic heterocycles. The molecule has 2 aliphatic rings. The maximum Gasteiger partial charge on any atom is 0.195 e. The van der Waals surface area contributed by atoms with Crippen LogP contribution in [0.25, 0.3) is 0 Å². The first kappa shape index (κ1) is 14.5. The van der Waals surface area contributed by atoms with Gasteiger partial charge in [-0.1, -0.05) is 23.9 Å². The molecule has 0 saturated carbocycles. The SMILES string of the molecule is COc1ccc(C2(O)c3ccncc3N=C3SCCCN32)cc1. The average molecular weight is 327 g/mol. The summed E-state index contributed by atoms with van der Waals surface area (Å²) in [5, 5.41) is 12.6. The summed E-state index contributed by atoms with van der Waals surface area (Å²) in [7, 11) is 1.64. The number of methoxy groups -OCH3 is 1. The van der Waals surface area contributed by atoms with E-state index in [1.807, 2.05) is 35.2 Å². The maximum absolute atomic E-state index is 11.7. The Morgan fingerprint density at radius 2 is 2.09 bits per heavy atom. The molecule has 1 N–H and O–H groups in total. The van der Waals surface area contributed by atoms with Crippen LogP contribution in [0.5, 0.6) is 5.75 Å². The Morgan fingerprint density at radius 1 is 1.26 bits per heavy atom. The number of amidine groups is 1. The van der Waals surface area contributed by atoms with Gasteiger partial charge in [-0.25, -0.2) is 4.99 Å². The Balaban J connectivity index is 1.90. The van der Waals surface area contributed by atoms with Gasteiger partial charge >= 0.3 is 0 Å². The fraction of sp³-hybridized carbons (Fsp3) is 0.294. The fourth-order valence-electron chi connectivity index (χ4n) is 3.11. The summed E-state index contributed by atoms with van der Waals surface area (Å²) in [5.41, 5.74) is 1.07. The van der Waals surface area contributed by atoms with Gasteiger partial charge in [0.25, 0.3) is 0 Å². The summed E-state index contributed by atoms with van der Waals surface area (Å²) in [5.74, 6) is 1.79. The molecular weight excluding hydrogens is 310 g/mol. The van der Waals surface area contributed by atoms with Crippen LogP contribution in [0.1, 0.15) is 17.5 Å². The van der Waals surface area contributed by atoms with E-state index < -0.39 is 5.72 Å². The predicted molar refractivity (Wildman–Crippen MR) is 91.1 cm³/mol. The van der Waals surface area contributed by atoms with Crippen molar-refractivity contribution in [1.82, 2.24) is 9.88 Å². The molecule has 2 aromatic rings. The zero-order chi connectivity index (χ0) is 15.9. The van der Waals surface area contributed by atoms with E-state index in [-0.39, 0.29) is 0 Å². The van der Waals surface area contributed by atoms with Crippen molar-refractivity contribution in [2.75, 3.05) is 19.4 Å². The minimum absolute atomic E-state index is 0.728. The maximum atomic E-state index is 11.7. The highest BCUT2D eigenvalue weighted by atomic mass is 32.2. The minimum atomic E-state index is -1.23. The lowest BCUT2D eigenvalue weighted by atomic mass is 9.91. The molecular formula is C17H17N3O2S. The highest BCUT2D eigenvalue weighted by molar-refractivity contribution is 8.13. The number of hydrogen-bond donors (Lipinski definition) is 1. The van der Waals surface area contributed by atoms with Gasteiger partial charge < -0.3 is 14.7 Å². The van der Waals surface area contributed by atoms with Gasteiger partial charge in [0, 0.05) is 29.6 Å². The number of aliphatic imine (C=N–C) groups is 1. The summed E-state index contributed by atoms with van der Waals surface area (Å²) >= 11 is 1.68. The van der Waals surface area contributed by atoms with Crippen LogP contribution in [0.3, 0.4) is 0 Å². The van der Waals surface area contributed by atoms with E-state index >= 15 is 0 Å². The molecule has 1 atom stereocenters. The lowest BCUT2D eigenvalue weighted by molar-refractivity contribution is -0.0384. The average Bonchev–Trinajstić information content (AvgIpc) is 2.62. The molecule has 23 heavy (non-hydrogen) atoms. The van der Waals surface area contributed by atoms with Crippen LogP contribution in [-0.2, 0) is 5.72 Å². The van der Waals surface area contributed by atoms with Gasteiger partial charge in [-0.2, -0.15) is 0 Å². The number of ether oxygens (including phenoxy) is 1. The lowest BCUT2D eigenvalue weighted by Crippen LogP contribution is -2.53. The molecule has 6 heteroatoms. The van der Waals surface area contributed by atoms with Gasteiger partial charge in [0.15, 0.2) is 10.9 Å². The topological polar surface area (TPSA) is 58.0 Å². The largest absolute Gasteiger partial charge is 0.497 e. The quantitative estimate of drug-likeness (QED) is 0.919. The van der Waals surface area contributed by atoms with Crippen molar-refractivity contribution in [2.24, 2.45) is 4.99 Å². The van der Waals surface area contributed by atoms with Crippen molar-refractivity contribution in [1.29, 1.82) is 0 Å². The van der Waals surface area contributed by atoms with E-state index in [1.54, 1.807) is 31.3 Å². The number of fused-ring (bicyclic) bond motifs is 2. The van der Waals surface area contributed by atoms with Gasteiger partial charge in [-0.15, -0.1) is 0 Å². The van der Waals surface area contributed by atoms with Crippen molar-refractivity contribution in [3.63, 3.8) is 0 Å². The van der Waals surface area contributed by atoms with Gasteiger partial charge in [0.2, 0.25) is 0 Å². The number of aliphatic hydroxyl groups is 1. The molecule has 4 rings (SSSR count). The second kappa shape index (κ2) is 5.54. The molecule has 1 unspecified atom stereocenters. The molecule has 1 aromatic carbocycles. The van der Waals surface area contributed by atoms with Gasteiger partial charge in [0.05, 0.1) is 19.0 Å². The van der Waals surface area contributed by atoms with Gasteiger partial charge in [-0.05, 0) is 24.6 Å². The second-order valence-electron chi connectivity index (χ2n) is 5.54. The molecule has 0 amide bonds. The monoisotopic (exact) mass is 327 g/mol. The Hall–Kier alpha value is -2.05. The summed E-state index contributed by atoms with van der Waals surface area (Å²) in [6.45, 7) is 0.774. The molecule has 1 saturated heterocycles. The Labute approximate surface area is 139 Å². The number of nitrogens with zero attached hydrogens (tertiary/aromatic N) is 3. The van der Waals surface area contributed by atoms with Crippen LogP contribution in [0.2, 0.25) is 0 Å². The Bertz CT molecular complexity index is 763. The van der Waals surface area contributed by atoms with Crippen molar-refractivity contribution < 1.29 is 9.84 Å². The normalized spacial score (nSPS) is 22.9. The first-order valence-electron chi connectivity index (χ1n) is 7.54. The zero-order valence-corrected chi connectivity index (χ0v) is 13.6. The third-order valence-corrected chi connectivity index (χ3v) is 5.33. The Kier molecular flexibility index (Phi) is 3.50. The standard InChI is InChI=1S/C17H17N3O2S/c1-22-13-5-3-12(4-6-13)17(21)14-7-8-18-11-15(14)19-16-20(17)9-2-10-23-16/h3-8,11,21H,2,9-10H2,1H3. The van der Waals surface area contributed by atoms with E-state index in [1.165, 1.54) is 0 Å². The highest BCUT2D eigenvalue weighted by Gasteiger charge is 2.45. The van der Waals surface area contributed by atoms with Crippen LogP contribution >= 0.6 is 11.8 Å². The fourth-order valence-corrected chi connectivity index (χ4v) is 4.10. The Morgan fingerprint density at radius 3 is 2.87 bits per heavy atom. The summed E-state index contributed by atoms with van der Waals surface area (Å²) in [6, 6.07) is 9.41. The van der Waals surface area contributed by atoms with E-state index in [4.69, 9.17) is 4.74 Å². The van der Waals surface area contributed by atoms with Gasteiger partial charge in [-0.3, -0.25) is 4.98 Å². The van der Waals surface area contributed by atoms with Crippen LogP contribution < -0.4 is 4.74 Å². The van der Waals surface area contributed by atoms with Crippen molar-refractivity contribution >= 4 is 22.6 Å². The van der Waals surface area contributed by atoms with Crippen LogP contribution in [-0.4, -0.2) is 39.6 Å². The van der Waals surface area contributed by atoms with E-state index in [2.05, 4.69) is 9.98 Å². The van der Waals surface area contributed by atoms with Crippen molar-refractivity contribution in [2.45, 2.75) is 12.1 Å². The molecule has 2 aliphatic heterocycles. The number of thioether (sulfide) groups is 1. The lowest BCUT2D eigenvalue weighted by Gasteiger charge is -2.46. The number of aromatic nitrogens is 1. The molecule has 118 valence electrons. The number of rotatable bonds is 2. The van der Waals surface area contributed by atoms with E-state index in [0.29, 0.717) is 0 Å². The number of hydrogen-bond acceptors (Lipinski definition) is 6. The van der Waals surface area contributed by atoms with Gasteiger partial charge in [0.1, 0.15) is 5.75 Å². The predicted octanol–water partition coefficient (Wildman–Crippen LogP) is 2.72. The van der Waals surface area contributed by atoms with Crippen LogP contribution in [0, 0.1) is 0 Å². The minimum Gasteiger partial charge on any atom is -0.497 e. The molecule has 5 nitrogen and oxygen atoms in total. The summed E-state index contributed by atoms with van der Waals surface area (Å²) in [4.78, 5) is 10.8. The van der Waals surface area contributed by atoms with E-state index in [0.717, 1.165) is 46.4 Å². The van der Waals surface area contributed by atoms with Crippen LogP contribution in [0.4, 0.5) is 5.69 Å². The van der Waals surface area contributed by atoms with Crippen molar-refractivity contribution in [3.05, 3.63) is 53.9 Å². The highest BCUT2D eigenvalue weighted by Crippen LogP contribution is 2.45. The summed E-state index contributed by atoms with van der Waals surface area (Å²) in [6.07, 6.45) is 4.43. The van der Waals surface area contributed by atoms with Crippen LogP contribution in [0.15, 0.2) is 47.7 Å². The third-order valence-electron chi connectivity index (χ3n) is 4.26. The zero-order valence-electron chi connectivity index (χ0n) is 12.8. The number of pyridine rings is 1. The summed E-state index contributed by atoms with van der Waals surface area (Å²) < 4.78 is 5.23. The van der Waals surface area contributed by atoms with E-state index in [9.17, 15) is 5.11 Å². The molecule has 0 radical (unpaired) electrons. The molecule has 3 heterocycles. The molecule has 1 fully saturated rings. The third kappa shape index (κ3) is 2.21. The first-order valence-corrected chi connectivity index (χ1v) is 8.52. The smallest absolute Gasteiger partial charge is 0.195 e. The van der Waals surface area contributed by atoms with Crippen molar-refractivity contribution in [3.8, 4) is 5.75 Å². The second-order valence-corrected chi connectivity index (χ2v) is 6.60. The molecule has 0 aliphatic carbocycles. The first-order chi connectivity index (χ1) is 11.2. The molecule has 0 spiro atoms. The molecule has 0 bridgehead atoms. The number of benzene rings is 1.